The first-order valence-electron chi connectivity index (χ1n) is 9.08. The van der Waals surface area contributed by atoms with Crippen LogP contribution in [0, 0.1) is 0 Å². The number of hydrogen-bond donors (Lipinski definition) is 0. The number of carbonyl (C=O) groups excluding carboxylic acids is 1. The Morgan fingerprint density at radius 1 is 1.04 bits per heavy atom. The molecule has 2 heterocycles. The normalized spacial score (nSPS) is 14.8. The summed E-state index contributed by atoms with van der Waals surface area (Å²) in [7, 11) is 1.40. The van der Waals surface area contributed by atoms with Gasteiger partial charge in [0.15, 0.2) is 0 Å². The summed E-state index contributed by atoms with van der Waals surface area (Å²) in [6, 6.07) is 15.9. The van der Waals surface area contributed by atoms with E-state index in [-0.39, 0.29) is 5.97 Å². The molecule has 0 saturated carbocycles. The molecular formula is C21H23N3O2. The Kier molecular flexibility index (Phi) is 4.71. The molecule has 0 amide bonds. The lowest BCUT2D eigenvalue weighted by molar-refractivity contribution is 0.0600. The van der Waals surface area contributed by atoms with Crippen LogP contribution in [-0.2, 0) is 17.8 Å². The Labute approximate surface area is 153 Å². The number of ether oxygens (including phenoxy) is 1. The quantitative estimate of drug-likeness (QED) is 0.662. The van der Waals surface area contributed by atoms with Crippen LogP contribution < -0.4 is 0 Å². The zero-order chi connectivity index (χ0) is 17.9. The average Bonchev–Trinajstić information content (AvgIpc) is 3.30. The van der Waals surface area contributed by atoms with Gasteiger partial charge in [-0.15, -0.1) is 0 Å². The molecule has 1 aromatic heterocycles. The highest BCUT2D eigenvalue weighted by atomic mass is 16.5. The molecule has 1 aliphatic heterocycles. The summed E-state index contributed by atoms with van der Waals surface area (Å²) in [6.07, 6.45) is 2.55. The SMILES string of the molecule is COC(=O)c1ccc(Cn2c(CN3CCCC3)nc3ccccc32)cc1. The largest absolute Gasteiger partial charge is 0.465 e. The average molecular weight is 349 g/mol. The van der Waals surface area contributed by atoms with Crippen LogP contribution in [0.25, 0.3) is 11.0 Å². The number of nitrogens with zero attached hydrogens (tertiary/aromatic N) is 3. The van der Waals surface area contributed by atoms with Gasteiger partial charge in [-0.2, -0.15) is 0 Å². The van der Waals surface area contributed by atoms with Gasteiger partial charge < -0.3 is 9.30 Å². The van der Waals surface area contributed by atoms with Gasteiger partial charge in [0.25, 0.3) is 0 Å². The minimum Gasteiger partial charge on any atom is -0.465 e. The molecule has 134 valence electrons. The number of imidazole rings is 1. The lowest BCUT2D eigenvalue weighted by Gasteiger charge is -2.16. The van der Waals surface area contributed by atoms with E-state index in [1.807, 2.05) is 30.3 Å². The molecule has 26 heavy (non-hydrogen) atoms. The van der Waals surface area contributed by atoms with Crippen molar-refractivity contribution < 1.29 is 9.53 Å². The Morgan fingerprint density at radius 2 is 1.77 bits per heavy atom. The van der Waals surface area contributed by atoms with Crippen LogP contribution in [-0.4, -0.2) is 40.6 Å². The van der Waals surface area contributed by atoms with Gasteiger partial charge in [0.1, 0.15) is 5.82 Å². The van der Waals surface area contributed by atoms with E-state index in [0.29, 0.717) is 5.56 Å². The zero-order valence-electron chi connectivity index (χ0n) is 15.0. The lowest BCUT2D eigenvalue weighted by atomic mass is 10.1. The second-order valence-corrected chi connectivity index (χ2v) is 6.77. The second-order valence-electron chi connectivity index (χ2n) is 6.77. The van der Waals surface area contributed by atoms with Gasteiger partial charge in [-0.05, 0) is 55.8 Å². The molecule has 1 aliphatic rings. The van der Waals surface area contributed by atoms with Crippen LogP contribution in [0.3, 0.4) is 0 Å². The maximum Gasteiger partial charge on any atom is 0.337 e. The number of benzene rings is 2. The minimum atomic E-state index is -0.306. The molecule has 5 heteroatoms. The smallest absolute Gasteiger partial charge is 0.337 e. The van der Waals surface area contributed by atoms with Crippen molar-refractivity contribution in [3.8, 4) is 0 Å². The maximum absolute atomic E-state index is 11.6. The topological polar surface area (TPSA) is 47.4 Å². The molecule has 1 fully saturated rings. The first-order chi connectivity index (χ1) is 12.7. The van der Waals surface area contributed by atoms with E-state index in [4.69, 9.17) is 9.72 Å². The molecule has 0 N–H and O–H groups in total. The van der Waals surface area contributed by atoms with Crippen molar-refractivity contribution in [1.82, 2.24) is 14.5 Å². The minimum absolute atomic E-state index is 0.306. The summed E-state index contributed by atoms with van der Waals surface area (Å²) in [5.41, 5.74) is 3.90. The van der Waals surface area contributed by atoms with Crippen molar-refractivity contribution >= 4 is 17.0 Å². The number of carbonyl (C=O) groups is 1. The van der Waals surface area contributed by atoms with Crippen LogP contribution in [0.5, 0.6) is 0 Å². The van der Waals surface area contributed by atoms with Crippen molar-refractivity contribution in [1.29, 1.82) is 0 Å². The fraction of sp³-hybridized carbons (Fsp3) is 0.333. The third kappa shape index (κ3) is 3.35. The number of para-hydroxylation sites is 2. The fourth-order valence-corrected chi connectivity index (χ4v) is 3.61. The molecular weight excluding hydrogens is 326 g/mol. The van der Waals surface area contributed by atoms with E-state index in [1.54, 1.807) is 0 Å². The summed E-state index contributed by atoms with van der Waals surface area (Å²) < 4.78 is 7.07. The Balaban J connectivity index is 1.64. The van der Waals surface area contributed by atoms with E-state index in [9.17, 15) is 4.79 Å². The van der Waals surface area contributed by atoms with Crippen molar-refractivity contribution in [2.45, 2.75) is 25.9 Å². The van der Waals surface area contributed by atoms with Crippen LogP contribution in [0.4, 0.5) is 0 Å². The van der Waals surface area contributed by atoms with E-state index < -0.39 is 0 Å². The number of aromatic nitrogens is 2. The summed E-state index contributed by atoms with van der Waals surface area (Å²) in [6.45, 7) is 3.92. The molecule has 2 aromatic carbocycles. The van der Waals surface area contributed by atoms with Gasteiger partial charge in [-0.25, -0.2) is 9.78 Å². The van der Waals surface area contributed by atoms with Gasteiger partial charge >= 0.3 is 5.97 Å². The summed E-state index contributed by atoms with van der Waals surface area (Å²) in [5, 5.41) is 0. The fourth-order valence-electron chi connectivity index (χ4n) is 3.61. The first kappa shape index (κ1) is 16.8. The molecule has 0 radical (unpaired) electrons. The highest BCUT2D eigenvalue weighted by Crippen LogP contribution is 2.21. The van der Waals surface area contributed by atoms with Gasteiger partial charge in [0.05, 0.1) is 30.3 Å². The molecule has 4 rings (SSSR count). The zero-order valence-corrected chi connectivity index (χ0v) is 15.0. The number of likely N-dealkylation sites (tertiary alicyclic amines) is 1. The van der Waals surface area contributed by atoms with Gasteiger partial charge in [0.2, 0.25) is 0 Å². The van der Waals surface area contributed by atoms with E-state index in [2.05, 4.69) is 27.7 Å². The Bertz CT molecular complexity index is 909. The van der Waals surface area contributed by atoms with Crippen LogP contribution in [0.2, 0.25) is 0 Å². The second kappa shape index (κ2) is 7.30. The monoisotopic (exact) mass is 349 g/mol. The standard InChI is InChI=1S/C21H23N3O2/c1-26-21(25)17-10-8-16(9-11-17)14-24-19-7-3-2-6-18(19)22-20(24)15-23-12-4-5-13-23/h2-3,6-11H,4-5,12-15H2,1H3. The highest BCUT2D eigenvalue weighted by Gasteiger charge is 2.17. The molecule has 0 aliphatic carbocycles. The Hall–Kier alpha value is -2.66. The van der Waals surface area contributed by atoms with Gasteiger partial charge in [-0.1, -0.05) is 24.3 Å². The number of methoxy groups -OCH3 is 1. The summed E-state index contributed by atoms with van der Waals surface area (Å²) in [5.74, 6) is 0.796. The summed E-state index contributed by atoms with van der Waals surface area (Å²) >= 11 is 0. The predicted octanol–water partition coefficient (Wildman–Crippen LogP) is 3.47. The molecule has 3 aromatic rings. The van der Waals surface area contributed by atoms with E-state index >= 15 is 0 Å². The molecule has 1 saturated heterocycles. The molecule has 0 bridgehead atoms. The summed E-state index contributed by atoms with van der Waals surface area (Å²) in [4.78, 5) is 19.0. The van der Waals surface area contributed by atoms with E-state index in [1.165, 1.54) is 20.0 Å². The number of hydrogen-bond acceptors (Lipinski definition) is 4. The highest BCUT2D eigenvalue weighted by molar-refractivity contribution is 5.89. The predicted molar refractivity (Wildman–Crippen MR) is 101 cm³/mol. The molecule has 0 spiro atoms. The van der Waals surface area contributed by atoms with Crippen LogP contribution in [0.15, 0.2) is 48.5 Å². The first-order valence-corrected chi connectivity index (χ1v) is 9.08. The van der Waals surface area contributed by atoms with Crippen molar-refractivity contribution in [3.63, 3.8) is 0 Å². The number of rotatable bonds is 5. The third-order valence-electron chi connectivity index (χ3n) is 5.01. The van der Waals surface area contributed by atoms with Crippen molar-refractivity contribution in [2.24, 2.45) is 0 Å². The molecule has 0 atom stereocenters. The number of esters is 1. The van der Waals surface area contributed by atoms with Crippen LogP contribution >= 0.6 is 0 Å². The van der Waals surface area contributed by atoms with Crippen molar-refractivity contribution in [3.05, 3.63) is 65.5 Å². The Morgan fingerprint density at radius 3 is 2.50 bits per heavy atom. The van der Waals surface area contributed by atoms with Crippen molar-refractivity contribution in [2.75, 3.05) is 20.2 Å². The third-order valence-corrected chi connectivity index (χ3v) is 5.01. The van der Waals surface area contributed by atoms with Gasteiger partial charge in [-0.3, -0.25) is 4.90 Å². The van der Waals surface area contributed by atoms with Crippen LogP contribution in [0.1, 0.15) is 34.6 Å². The number of fused-ring (bicyclic) bond motifs is 1. The van der Waals surface area contributed by atoms with Gasteiger partial charge in [0, 0.05) is 6.54 Å². The maximum atomic E-state index is 11.6. The lowest BCUT2D eigenvalue weighted by Crippen LogP contribution is -2.21. The van der Waals surface area contributed by atoms with E-state index in [0.717, 1.165) is 48.6 Å². The molecule has 0 unspecified atom stereocenters. The molecule has 5 nitrogen and oxygen atoms in total.